The molecule has 2 amide bonds. The van der Waals surface area contributed by atoms with Crippen LogP contribution in [0.1, 0.15) is 43.0 Å². The van der Waals surface area contributed by atoms with Gasteiger partial charge in [-0.1, -0.05) is 0 Å². The predicted molar refractivity (Wildman–Crippen MR) is 81.1 cm³/mol. The quantitative estimate of drug-likeness (QED) is 0.860. The Hall–Kier alpha value is -1.56. The molecule has 0 spiro atoms. The highest BCUT2D eigenvalue weighted by Crippen LogP contribution is 2.28. The van der Waals surface area contributed by atoms with Crippen molar-refractivity contribution in [3.05, 3.63) is 17.5 Å². The Labute approximate surface area is 125 Å². The average Bonchev–Trinajstić information content (AvgIpc) is 2.84. The summed E-state index contributed by atoms with van der Waals surface area (Å²) in [5.74, 6) is 0. The molecule has 0 radical (unpaired) electrons. The van der Waals surface area contributed by atoms with E-state index in [2.05, 4.69) is 27.7 Å². The fourth-order valence-electron chi connectivity index (χ4n) is 3.39. The van der Waals surface area contributed by atoms with Crippen molar-refractivity contribution in [3.63, 3.8) is 0 Å². The number of nitrogens with zero attached hydrogens (tertiary/aromatic N) is 3. The van der Waals surface area contributed by atoms with Crippen LogP contribution in [0.5, 0.6) is 0 Å². The first-order valence-electron chi connectivity index (χ1n) is 7.90. The maximum Gasteiger partial charge on any atom is 0.315 e. The van der Waals surface area contributed by atoms with Crippen LogP contribution in [0.3, 0.4) is 0 Å². The van der Waals surface area contributed by atoms with Crippen molar-refractivity contribution in [1.29, 1.82) is 0 Å². The van der Waals surface area contributed by atoms with Crippen molar-refractivity contribution >= 4 is 6.03 Å². The molecule has 1 fully saturated rings. The van der Waals surface area contributed by atoms with Gasteiger partial charge in [0.1, 0.15) is 0 Å². The number of fused-ring (bicyclic) bond motifs is 1. The third-order valence-electron chi connectivity index (χ3n) is 4.73. The van der Waals surface area contributed by atoms with Crippen molar-refractivity contribution in [2.75, 3.05) is 20.1 Å². The van der Waals surface area contributed by atoms with Crippen LogP contribution in [-0.4, -0.2) is 46.9 Å². The zero-order valence-electron chi connectivity index (χ0n) is 12.9. The maximum absolute atomic E-state index is 12.2. The van der Waals surface area contributed by atoms with E-state index in [0.717, 1.165) is 45.2 Å². The third-order valence-corrected chi connectivity index (χ3v) is 4.73. The summed E-state index contributed by atoms with van der Waals surface area (Å²) in [5, 5.41) is 10.6. The molecule has 1 aliphatic carbocycles. The number of piperidine rings is 1. The lowest BCUT2D eigenvalue weighted by molar-refractivity contribution is 0.210. The zero-order valence-corrected chi connectivity index (χ0v) is 12.9. The molecule has 0 aromatic carbocycles. The van der Waals surface area contributed by atoms with Crippen LogP contribution in [0, 0.1) is 0 Å². The van der Waals surface area contributed by atoms with Gasteiger partial charge in [0.05, 0.1) is 12.2 Å². The summed E-state index contributed by atoms with van der Waals surface area (Å²) in [6.45, 7) is 2.11. The van der Waals surface area contributed by atoms with Gasteiger partial charge in [0, 0.05) is 24.3 Å². The molecule has 21 heavy (non-hydrogen) atoms. The second-order valence-electron chi connectivity index (χ2n) is 6.31. The minimum absolute atomic E-state index is 0.0359. The topological polar surface area (TPSA) is 62.2 Å². The Bertz CT molecular complexity index is 504. The highest BCUT2D eigenvalue weighted by molar-refractivity contribution is 5.74. The lowest BCUT2D eigenvalue weighted by atomic mass is 9.93. The standard InChI is InChI=1S/C15H25N5O/c1-19-8-6-11(7-9-19)17-15(21)18-13-4-3-5-14-12(13)10-16-20(14)2/h10-11,13H,3-9H2,1-2H3,(H2,17,18,21). The first-order chi connectivity index (χ1) is 10.1. The normalized spacial score (nSPS) is 23.6. The fourth-order valence-corrected chi connectivity index (χ4v) is 3.39. The summed E-state index contributed by atoms with van der Waals surface area (Å²) in [7, 11) is 4.10. The van der Waals surface area contributed by atoms with E-state index >= 15 is 0 Å². The van der Waals surface area contributed by atoms with Crippen molar-refractivity contribution in [3.8, 4) is 0 Å². The number of urea groups is 1. The number of aromatic nitrogens is 2. The Morgan fingerprint density at radius 1 is 1.24 bits per heavy atom. The van der Waals surface area contributed by atoms with Crippen molar-refractivity contribution in [2.45, 2.75) is 44.2 Å². The summed E-state index contributed by atoms with van der Waals surface area (Å²) in [6.07, 6.45) is 7.13. The van der Waals surface area contributed by atoms with Gasteiger partial charge in [-0.15, -0.1) is 0 Å². The largest absolute Gasteiger partial charge is 0.335 e. The molecule has 1 atom stereocenters. The Kier molecular flexibility index (Phi) is 4.14. The highest BCUT2D eigenvalue weighted by Gasteiger charge is 2.26. The molecule has 1 aromatic rings. The van der Waals surface area contributed by atoms with Gasteiger partial charge >= 0.3 is 6.03 Å². The Balaban J connectivity index is 1.56. The Morgan fingerprint density at radius 3 is 2.76 bits per heavy atom. The first-order valence-corrected chi connectivity index (χ1v) is 7.90. The molecule has 3 rings (SSSR count). The molecule has 1 aromatic heterocycles. The molecule has 116 valence electrons. The number of likely N-dealkylation sites (tertiary alicyclic amines) is 1. The number of amides is 2. The van der Waals surface area contributed by atoms with E-state index in [4.69, 9.17) is 0 Å². The molecule has 1 saturated heterocycles. The molecule has 2 heterocycles. The number of nitrogens with one attached hydrogen (secondary N) is 2. The van der Waals surface area contributed by atoms with Gasteiger partial charge in [-0.25, -0.2) is 4.79 Å². The Morgan fingerprint density at radius 2 is 2.00 bits per heavy atom. The van der Waals surface area contributed by atoms with Gasteiger partial charge in [0.15, 0.2) is 0 Å². The number of carbonyl (C=O) groups excluding carboxylic acids is 1. The highest BCUT2D eigenvalue weighted by atomic mass is 16.2. The number of aryl methyl sites for hydroxylation is 1. The minimum Gasteiger partial charge on any atom is -0.335 e. The molecule has 0 saturated carbocycles. The van der Waals surface area contributed by atoms with Crippen LogP contribution in [0.15, 0.2) is 6.20 Å². The van der Waals surface area contributed by atoms with Gasteiger partial charge < -0.3 is 15.5 Å². The van der Waals surface area contributed by atoms with Crippen molar-refractivity contribution < 1.29 is 4.79 Å². The molecule has 6 heteroatoms. The predicted octanol–water partition coefficient (Wildman–Crippen LogP) is 1.19. The second kappa shape index (κ2) is 6.05. The first kappa shape index (κ1) is 14.4. The van der Waals surface area contributed by atoms with Gasteiger partial charge in [0.25, 0.3) is 0 Å². The van der Waals surface area contributed by atoms with E-state index in [1.807, 2.05) is 17.9 Å². The van der Waals surface area contributed by atoms with E-state index < -0.39 is 0 Å². The van der Waals surface area contributed by atoms with E-state index in [0.29, 0.717) is 6.04 Å². The fraction of sp³-hybridized carbons (Fsp3) is 0.733. The summed E-state index contributed by atoms with van der Waals surface area (Å²) in [4.78, 5) is 14.5. The van der Waals surface area contributed by atoms with Crippen molar-refractivity contribution in [2.24, 2.45) is 7.05 Å². The van der Waals surface area contributed by atoms with E-state index in [1.54, 1.807) is 0 Å². The van der Waals surface area contributed by atoms with E-state index in [1.165, 1.54) is 11.3 Å². The summed E-state index contributed by atoms with van der Waals surface area (Å²) < 4.78 is 1.93. The summed E-state index contributed by atoms with van der Waals surface area (Å²) >= 11 is 0. The van der Waals surface area contributed by atoms with Crippen LogP contribution in [0.4, 0.5) is 4.79 Å². The molecular weight excluding hydrogens is 266 g/mol. The number of hydrogen-bond donors (Lipinski definition) is 2. The number of hydrogen-bond acceptors (Lipinski definition) is 3. The smallest absolute Gasteiger partial charge is 0.315 e. The van der Waals surface area contributed by atoms with Gasteiger partial charge in [-0.3, -0.25) is 4.68 Å². The number of rotatable bonds is 2. The van der Waals surface area contributed by atoms with E-state index in [9.17, 15) is 4.79 Å². The molecule has 0 bridgehead atoms. The van der Waals surface area contributed by atoms with Crippen LogP contribution in [0.25, 0.3) is 0 Å². The third kappa shape index (κ3) is 3.20. The average molecular weight is 291 g/mol. The zero-order chi connectivity index (χ0) is 14.8. The van der Waals surface area contributed by atoms with Crippen LogP contribution in [0.2, 0.25) is 0 Å². The molecule has 1 aliphatic heterocycles. The number of carbonyl (C=O) groups is 1. The van der Waals surface area contributed by atoms with Gasteiger partial charge in [0.2, 0.25) is 0 Å². The monoisotopic (exact) mass is 291 g/mol. The van der Waals surface area contributed by atoms with Crippen LogP contribution < -0.4 is 10.6 Å². The molecular formula is C15H25N5O. The second-order valence-corrected chi connectivity index (χ2v) is 6.31. The minimum atomic E-state index is -0.0359. The molecule has 1 unspecified atom stereocenters. The lowest BCUT2D eigenvalue weighted by Gasteiger charge is -2.30. The van der Waals surface area contributed by atoms with Crippen molar-refractivity contribution in [1.82, 2.24) is 25.3 Å². The van der Waals surface area contributed by atoms with Gasteiger partial charge in [-0.2, -0.15) is 5.10 Å². The SMILES string of the molecule is CN1CCC(NC(=O)NC2CCCc3c2cnn3C)CC1. The molecule has 2 N–H and O–H groups in total. The molecule has 2 aliphatic rings. The lowest BCUT2D eigenvalue weighted by Crippen LogP contribution is -2.48. The maximum atomic E-state index is 12.2. The van der Waals surface area contributed by atoms with Crippen LogP contribution in [-0.2, 0) is 13.5 Å². The van der Waals surface area contributed by atoms with Crippen LogP contribution >= 0.6 is 0 Å². The summed E-state index contributed by atoms with van der Waals surface area (Å²) in [5.41, 5.74) is 2.44. The summed E-state index contributed by atoms with van der Waals surface area (Å²) in [6, 6.07) is 0.373. The van der Waals surface area contributed by atoms with Gasteiger partial charge in [-0.05, 0) is 52.2 Å². The molecule has 6 nitrogen and oxygen atoms in total. The van der Waals surface area contributed by atoms with E-state index in [-0.39, 0.29) is 12.1 Å².